The maximum Gasteiger partial charge on any atom is 0.339 e. The predicted molar refractivity (Wildman–Crippen MR) is 77.2 cm³/mol. The highest BCUT2D eigenvalue weighted by atomic mass is 16.4. The van der Waals surface area contributed by atoms with Crippen LogP contribution in [0, 0.1) is 19.8 Å². The van der Waals surface area contributed by atoms with E-state index < -0.39 is 5.97 Å². The monoisotopic (exact) mass is 275 g/mol. The molecule has 108 valence electrons. The molecule has 0 spiro atoms. The minimum atomic E-state index is -0.904. The van der Waals surface area contributed by atoms with Crippen LogP contribution in [0.15, 0.2) is 6.07 Å². The van der Waals surface area contributed by atoms with Crippen LogP contribution < -0.4 is 5.32 Å². The SMILES string of the molecule is Cc1cc(C)c(C(=O)O)c(NC2CN3CCC2CC3)n1. The second-order valence-electron chi connectivity index (χ2n) is 6.00. The van der Waals surface area contributed by atoms with E-state index in [1.54, 1.807) is 0 Å². The summed E-state index contributed by atoms with van der Waals surface area (Å²) in [6, 6.07) is 2.15. The maximum absolute atomic E-state index is 11.5. The van der Waals surface area contributed by atoms with Gasteiger partial charge >= 0.3 is 5.97 Å². The van der Waals surface area contributed by atoms with Crippen LogP contribution in [-0.4, -0.2) is 46.6 Å². The van der Waals surface area contributed by atoms with Gasteiger partial charge in [-0.15, -0.1) is 0 Å². The van der Waals surface area contributed by atoms with E-state index in [1.807, 2.05) is 19.9 Å². The number of aromatic nitrogens is 1. The van der Waals surface area contributed by atoms with Crippen molar-refractivity contribution in [1.29, 1.82) is 0 Å². The van der Waals surface area contributed by atoms with E-state index in [0.717, 1.165) is 17.8 Å². The molecular weight excluding hydrogens is 254 g/mol. The molecule has 1 unspecified atom stereocenters. The second kappa shape index (κ2) is 5.05. The summed E-state index contributed by atoms with van der Waals surface area (Å²) >= 11 is 0. The van der Waals surface area contributed by atoms with E-state index in [1.165, 1.54) is 25.9 Å². The molecule has 0 aromatic carbocycles. The Bertz CT molecular complexity index is 536. The Morgan fingerprint density at radius 2 is 2.10 bits per heavy atom. The third-order valence-electron chi connectivity index (χ3n) is 4.54. The first-order valence-electron chi connectivity index (χ1n) is 7.25. The molecule has 1 aromatic rings. The number of nitrogens with zero attached hydrogens (tertiary/aromatic N) is 2. The number of carboxylic acid groups (broad SMARTS) is 1. The highest BCUT2D eigenvalue weighted by Crippen LogP contribution is 2.30. The molecule has 2 bridgehead atoms. The van der Waals surface area contributed by atoms with Crippen LogP contribution >= 0.6 is 0 Å². The van der Waals surface area contributed by atoms with Gasteiger partial charge in [0, 0.05) is 18.3 Å². The van der Waals surface area contributed by atoms with Gasteiger partial charge in [-0.2, -0.15) is 0 Å². The highest BCUT2D eigenvalue weighted by Gasteiger charge is 2.34. The lowest BCUT2D eigenvalue weighted by molar-refractivity contribution is 0.0695. The van der Waals surface area contributed by atoms with Crippen LogP contribution in [0.5, 0.6) is 0 Å². The highest BCUT2D eigenvalue weighted by molar-refractivity contribution is 5.94. The largest absolute Gasteiger partial charge is 0.478 e. The molecule has 4 rings (SSSR count). The molecular formula is C15H21N3O2. The van der Waals surface area contributed by atoms with Crippen molar-refractivity contribution in [2.75, 3.05) is 25.0 Å². The first-order chi connectivity index (χ1) is 9.54. The fourth-order valence-electron chi connectivity index (χ4n) is 3.52. The van der Waals surface area contributed by atoms with Gasteiger partial charge < -0.3 is 15.3 Å². The Labute approximate surface area is 119 Å². The summed E-state index contributed by atoms with van der Waals surface area (Å²) in [7, 11) is 0. The Morgan fingerprint density at radius 3 is 2.65 bits per heavy atom. The Hall–Kier alpha value is -1.62. The van der Waals surface area contributed by atoms with E-state index in [4.69, 9.17) is 0 Å². The fraction of sp³-hybridized carbons (Fsp3) is 0.600. The van der Waals surface area contributed by atoms with Gasteiger partial charge in [0.2, 0.25) is 0 Å². The van der Waals surface area contributed by atoms with Crippen LogP contribution in [0.3, 0.4) is 0 Å². The summed E-state index contributed by atoms with van der Waals surface area (Å²) in [6.07, 6.45) is 2.40. The zero-order chi connectivity index (χ0) is 14.3. The van der Waals surface area contributed by atoms with Gasteiger partial charge in [0.25, 0.3) is 0 Å². The standard InChI is InChI=1S/C15H21N3O2/c1-9-7-10(2)16-14(13(9)15(19)20)17-12-8-18-5-3-11(12)4-6-18/h7,11-12H,3-6,8H2,1-2H3,(H,16,17)(H,19,20). The van der Waals surface area contributed by atoms with E-state index in [0.29, 0.717) is 23.3 Å². The molecule has 0 amide bonds. The number of aromatic carboxylic acids is 1. The number of anilines is 1. The molecule has 3 aliphatic rings. The molecule has 2 N–H and O–H groups in total. The number of rotatable bonds is 3. The quantitative estimate of drug-likeness (QED) is 0.882. The van der Waals surface area contributed by atoms with E-state index in [2.05, 4.69) is 15.2 Å². The van der Waals surface area contributed by atoms with Crippen molar-refractivity contribution in [3.8, 4) is 0 Å². The number of carboxylic acids is 1. The molecule has 0 radical (unpaired) electrons. The van der Waals surface area contributed by atoms with E-state index >= 15 is 0 Å². The number of nitrogens with one attached hydrogen (secondary N) is 1. The molecule has 4 heterocycles. The summed E-state index contributed by atoms with van der Waals surface area (Å²) in [5, 5.41) is 12.8. The van der Waals surface area contributed by atoms with Crippen LogP contribution in [0.1, 0.15) is 34.5 Å². The average Bonchev–Trinajstić information content (AvgIpc) is 2.38. The minimum Gasteiger partial charge on any atom is -0.478 e. The lowest BCUT2D eigenvalue weighted by atomic mass is 9.84. The van der Waals surface area contributed by atoms with Gasteiger partial charge in [-0.05, 0) is 57.3 Å². The molecule has 0 aliphatic carbocycles. The van der Waals surface area contributed by atoms with Crippen LogP contribution in [-0.2, 0) is 0 Å². The molecule has 1 atom stereocenters. The van der Waals surface area contributed by atoms with Crippen molar-refractivity contribution >= 4 is 11.8 Å². The number of piperidine rings is 3. The molecule has 3 fully saturated rings. The van der Waals surface area contributed by atoms with Crippen LogP contribution in [0.4, 0.5) is 5.82 Å². The number of carbonyl (C=O) groups is 1. The zero-order valence-electron chi connectivity index (χ0n) is 12.0. The van der Waals surface area contributed by atoms with Crippen molar-refractivity contribution in [1.82, 2.24) is 9.88 Å². The average molecular weight is 275 g/mol. The molecule has 5 heteroatoms. The molecule has 20 heavy (non-hydrogen) atoms. The third kappa shape index (κ3) is 2.38. The maximum atomic E-state index is 11.5. The van der Waals surface area contributed by atoms with Crippen molar-refractivity contribution in [2.24, 2.45) is 5.92 Å². The summed E-state index contributed by atoms with van der Waals surface area (Å²) in [5.41, 5.74) is 1.94. The predicted octanol–water partition coefficient (Wildman–Crippen LogP) is 1.90. The van der Waals surface area contributed by atoms with Crippen molar-refractivity contribution in [2.45, 2.75) is 32.7 Å². The third-order valence-corrected chi connectivity index (χ3v) is 4.54. The zero-order valence-corrected chi connectivity index (χ0v) is 12.0. The fourth-order valence-corrected chi connectivity index (χ4v) is 3.52. The topological polar surface area (TPSA) is 65.5 Å². The number of fused-ring (bicyclic) bond motifs is 3. The van der Waals surface area contributed by atoms with Crippen molar-refractivity contribution in [3.05, 3.63) is 22.9 Å². The van der Waals surface area contributed by atoms with Gasteiger partial charge in [0.15, 0.2) is 0 Å². The Balaban J connectivity index is 1.88. The number of hydrogen-bond donors (Lipinski definition) is 2. The van der Waals surface area contributed by atoms with Gasteiger partial charge in [-0.1, -0.05) is 0 Å². The van der Waals surface area contributed by atoms with Crippen LogP contribution in [0.2, 0.25) is 0 Å². The normalized spacial score (nSPS) is 28.4. The smallest absolute Gasteiger partial charge is 0.339 e. The van der Waals surface area contributed by atoms with E-state index in [9.17, 15) is 9.90 Å². The number of aryl methyl sites for hydroxylation is 2. The molecule has 3 saturated heterocycles. The van der Waals surface area contributed by atoms with Gasteiger partial charge in [-0.3, -0.25) is 0 Å². The number of pyridine rings is 1. The lowest BCUT2D eigenvalue weighted by Crippen LogP contribution is -2.53. The van der Waals surface area contributed by atoms with Crippen LogP contribution in [0.25, 0.3) is 0 Å². The first-order valence-corrected chi connectivity index (χ1v) is 7.25. The van der Waals surface area contributed by atoms with Gasteiger partial charge in [0.1, 0.15) is 11.4 Å². The molecule has 0 saturated carbocycles. The molecule has 3 aliphatic heterocycles. The summed E-state index contributed by atoms with van der Waals surface area (Å²) in [4.78, 5) is 18.3. The minimum absolute atomic E-state index is 0.312. The van der Waals surface area contributed by atoms with Gasteiger partial charge in [-0.25, -0.2) is 9.78 Å². The van der Waals surface area contributed by atoms with Crippen molar-refractivity contribution in [3.63, 3.8) is 0 Å². The Kier molecular flexibility index (Phi) is 3.38. The molecule has 5 nitrogen and oxygen atoms in total. The Morgan fingerprint density at radius 1 is 1.40 bits per heavy atom. The summed E-state index contributed by atoms with van der Waals surface area (Å²) in [6.45, 7) is 7.09. The van der Waals surface area contributed by atoms with Gasteiger partial charge in [0.05, 0.1) is 0 Å². The molecule has 1 aromatic heterocycles. The van der Waals surface area contributed by atoms with E-state index in [-0.39, 0.29) is 0 Å². The summed E-state index contributed by atoms with van der Waals surface area (Å²) < 4.78 is 0. The lowest BCUT2D eigenvalue weighted by Gasteiger charge is -2.45. The number of hydrogen-bond acceptors (Lipinski definition) is 4. The first kappa shape index (κ1) is 13.4. The second-order valence-corrected chi connectivity index (χ2v) is 6.00. The summed E-state index contributed by atoms with van der Waals surface area (Å²) in [5.74, 6) is 0.275. The van der Waals surface area contributed by atoms with Crippen molar-refractivity contribution < 1.29 is 9.90 Å².